The van der Waals surface area contributed by atoms with Crippen molar-refractivity contribution in [1.29, 1.82) is 0 Å². The Labute approximate surface area is 121 Å². The van der Waals surface area contributed by atoms with Crippen LogP contribution in [0.2, 0.25) is 0 Å². The van der Waals surface area contributed by atoms with Crippen LogP contribution in [0.5, 0.6) is 0 Å². The average Bonchev–Trinajstić information content (AvgIpc) is 2.89. The number of aliphatic hydroxyl groups is 1. The maximum absolute atomic E-state index is 12.0. The zero-order chi connectivity index (χ0) is 13.8. The molecule has 0 aromatic carbocycles. The van der Waals surface area contributed by atoms with E-state index in [0.717, 1.165) is 18.5 Å². The molecule has 2 N–H and O–H groups in total. The number of pyridine rings is 1. The number of amides is 1. The third kappa shape index (κ3) is 3.76. The van der Waals surface area contributed by atoms with Crippen LogP contribution in [0.1, 0.15) is 41.7 Å². The molecule has 1 aromatic heterocycles. The Bertz CT molecular complexity index is 459. The van der Waals surface area contributed by atoms with Gasteiger partial charge in [0.25, 0.3) is 5.91 Å². The molecule has 1 aliphatic rings. The number of nitrogens with one attached hydrogen (secondary N) is 1. The van der Waals surface area contributed by atoms with Gasteiger partial charge in [-0.1, -0.05) is 12.8 Å². The molecule has 0 spiro atoms. The molecule has 5 heteroatoms. The van der Waals surface area contributed by atoms with Gasteiger partial charge in [0.05, 0.1) is 11.7 Å². The number of rotatable bonds is 4. The van der Waals surface area contributed by atoms with E-state index in [1.54, 1.807) is 12.1 Å². The van der Waals surface area contributed by atoms with Gasteiger partial charge in [-0.3, -0.25) is 4.79 Å². The number of hydrogen-bond acceptors (Lipinski definition) is 3. The number of carbonyl (C=O) groups is 1. The minimum atomic E-state index is -0.441. The van der Waals surface area contributed by atoms with E-state index in [-0.39, 0.29) is 5.91 Å². The van der Waals surface area contributed by atoms with Gasteiger partial charge in [-0.2, -0.15) is 0 Å². The van der Waals surface area contributed by atoms with Crippen molar-refractivity contribution >= 4 is 21.8 Å². The third-order valence-electron chi connectivity index (χ3n) is 3.65. The van der Waals surface area contributed by atoms with Gasteiger partial charge in [-0.25, -0.2) is 4.98 Å². The molecule has 0 bridgehead atoms. The molecule has 1 amide bonds. The van der Waals surface area contributed by atoms with Crippen molar-refractivity contribution < 1.29 is 9.90 Å². The summed E-state index contributed by atoms with van der Waals surface area (Å²) in [6.45, 7) is 2.18. The van der Waals surface area contributed by atoms with E-state index in [0.29, 0.717) is 22.6 Å². The maximum atomic E-state index is 12.0. The Kier molecular flexibility index (Phi) is 4.93. The first kappa shape index (κ1) is 14.5. The van der Waals surface area contributed by atoms with E-state index < -0.39 is 6.10 Å². The van der Waals surface area contributed by atoms with E-state index in [1.807, 2.05) is 6.92 Å². The highest BCUT2D eigenvalue weighted by Crippen LogP contribution is 2.27. The number of hydrogen-bond donors (Lipinski definition) is 2. The second-order valence-corrected chi connectivity index (χ2v) is 5.86. The van der Waals surface area contributed by atoms with Gasteiger partial charge in [-0.15, -0.1) is 0 Å². The predicted molar refractivity (Wildman–Crippen MR) is 77.0 cm³/mol. The van der Waals surface area contributed by atoms with Crippen LogP contribution in [0.15, 0.2) is 16.7 Å². The van der Waals surface area contributed by atoms with Crippen molar-refractivity contribution in [2.75, 3.05) is 6.54 Å². The predicted octanol–water partition coefficient (Wildman–Crippen LogP) is 2.43. The summed E-state index contributed by atoms with van der Waals surface area (Å²) in [5, 5.41) is 12.8. The highest BCUT2D eigenvalue weighted by atomic mass is 79.9. The second kappa shape index (κ2) is 6.48. The molecule has 0 radical (unpaired) electrons. The number of aromatic nitrogens is 1. The highest BCUT2D eigenvalue weighted by Gasteiger charge is 2.23. The average molecular weight is 327 g/mol. The molecule has 1 heterocycles. The molecule has 19 heavy (non-hydrogen) atoms. The van der Waals surface area contributed by atoms with Crippen LogP contribution >= 0.6 is 15.9 Å². The Morgan fingerprint density at radius 1 is 1.53 bits per heavy atom. The van der Waals surface area contributed by atoms with Crippen LogP contribution in [0.25, 0.3) is 0 Å². The lowest BCUT2D eigenvalue weighted by molar-refractivity contribution is 0.0839. The van der Waals surface area contributed by atoms with Gasteiger partial charge in [0.2, 0.25) is 0 Å². The van der Waals surface area contributed by atoms with Crippen LogP contribution in [0.3, 0.4) is 0 Å². The lowest BCUT2D eigenvalue weighted by Crippen LogP contribution is -2.35. The van der Waals surface area contributed by atoms with E-state index >= 15 is 0 Å². The van der Waals surface area contributed by atoms with Crippen molar-refractivity contribution in [2.24, 2.45) is 5.92 Å². The second-order valence-electron chi connectivity index (χ2n) is 5.11. The fourth-order valence-electron chi connectivity index (χ4n) is 2.50. The Morgan fingerprint density at radius 3 is 2.84 bits per heavy atom. The number of nitrogens with zero attached hydrogens (tertiary/aromatic N) is 1. The lowest BCUT2D eigenvalue weighted by atomic mass is 10.0. The molecular formula is C14H19BrN2O2. The smallest absolute Gasteiger partial charge is 0.254 e. The summed E-state index contributed by atoms with van der Waals surface area (Å²) in [4.78, 5) is 16.2. The highest BCUT2D eigenvalue weighted by molar-refractivity contribution is 9.10. The molecule has 1 aliphatic carbocycles. The largest absolute Gasteiger partial charge is 0.391 e. The molecule has 1 unspecified atom stereocenters. The normalized spacial score (nSPS) is 17.4. The molecule has 104 valence electrons. The summed E-state index contributed by atoms with van der Waals surface area (Å²) in [5.74, 6) is 0.135. The first-order chi connectivity index (χ1) is 9.08. The summed E-state index contributed by atoms with van der Waals surface area (Å²) >= 11 is 3.29. The Hall–Kier alpha value is -0.940. The van der Waals surface area contributed by atoms with E-state index in [9.17, 15) is 9.90 Å². The van der Waals surface area contributed by atoms with Crippen LogP contribution in [0, 0.1) is 12.8 Å². The van der Waals surface area contributed by atoms with Crippen molar-refractivity contribution in [3.63, 3.8) is 0 Å². The monoisotopic (exact) mass is 326 g/mol. The topological polar surface area (TPSA) is 62.2 Å². The van der Waals surface area contributed by atoms with Crippen LogP contribution < -0.4 is 5.32 Å². The minimum absolute atomic E-state index is 0.198. The molecule has 2 rings (SSSR count). The van der Waals surface area contributed by atoms with Crippen molar-refractivity contribution in [1.82, 2.24) is 10.3 Å². The van der Waals surface area contributed by atoms with E-state index in [1.165, 1.54) is 12.8 Å². The van der Waals surface area contributed by atoms with E-state index in [4.69, 9.17) is 0 Å². The first-order valence-corrected chi connectivity index (χ1v) is 7.46. The van der Waals surface area contributed by atoms with Gasteiger partial charge < -0.3 is 10.4 Å². The summed E-state index contributed by atoms with van der Waals surface area (Å²) in [6, 6.07) is 3.54. The summed E-state index contributed by atoms with van der Waals surface area (Å²) in [6.07, 6.45) is 4.05. The molecule has 1 saturated carbocycles. The van der Waals surface area contributed by atoms with Gasteiger partial charge in [0, 0.05) is 12.2 Å². The van der Waals surface area contributed by atoms with Crippen molar-refractivity contribution in [2.45, 2.75) is 38.7 Å². The van der Waals surface area contributed by atoms with Gasteiger partial charge in [-0.05, 0) is 53.7 Å². The maximum Gasteiger partial charge on any atom is 0.254 e. The summed E-state index contributed by atoms with van der Waals surface area (Å²) in [5.41, 5.74) is 1.36. The summed E-state index contributed by atoms with van der Waals surface area (Å²) < 4.78 is 0.542. The van der Waals surface area contributed by atoms with Crippen molar-refractivity contribution in [3.05, 3.63) is 28.0 Å². The number of aryl methyl sites for hydroxylation is 1. The van der Waals surface area contributed by atoms with Gasteiger partial charge in [0.15, 0.2) is 0 Å². The quantitative estimate of drug-likeness (QED) is 0.835. The van der Waals surface area contributed by atoms with Gasteiger partial charge >= 0.3 is 0 Å². The van der Waals surface area contributed by atoms with E-state index in [2.05, 4.69) is 26.2 Å². The molecule has 1 aromatic rings. The lowest BCUT2D eigenvalue weighted by Gasteiger charge is -2.18. The molecule has 0 saturated heterocycles. The number of aliphatic hydroxyl groups excluding tert-OH is 1. The Morgan fingerprint density at radius 2 is 2.21 bits per heavy atom. The van der Waals surface area contributed by atoms with Crippen LogP contribution in [-0.2, 0) is 0 Å². The zero-order valence-electron chi connectivity index (χ0n) is 11.0. The fraction of sp³-hybridized carbons (Fsp3) is 0.571. The number of carbonyl (C=O) groups excluding carboxylic acids is 1. The molecule has 4 nitrogen and oxygen atoms in total. The summed E-state index contributed by atoms with van der Waals surface area (Å²) in [7, 11) is 0. The van der Waals surface area contributed by atoms with Gasteiger partial charge in [0.1, 0.15) is 4.60 Å². The SMILES string of the molecule is Cc1ccc(C(=O)NCC(O)C2CCCC2)c(Br)n1. The number of halogens is 1. The molecular weight excluding hydrogens is 308 g/mol. The van der Waals surface area contributed by atoms with Crippen LogP contribution in [-0.4, -0.2) is 28.6 Å². The van der Waals surface area contributed by atoms with Crippen molar-refractivity contribution in [3.8, 4) is 0 Å². The molecule has 1 fully saturated rings. The standard InChI is InChI=1S/C14H19BrN2O2/c1-9-6-7-11(13(15)17-9)14(19)16-8-12(18)10-4-2-3-5-10/h6-7,10,12,18H,2-5,8H2,1H3,(H,16,19). The van der Waals surface area contributed by atoms with Crippen LogP contribution in [0.4, 0.5) is 0 Å². The third-order valence-corrected chi connectivity index (χ3v) is 4.25. The Balaban J connectivity index is 1.90. The molecule has 1 atom stereocenters. The zero-order valence-corrected chi connectivity index (χ0v) is 12.6. The molecule has 0 aliphatic heterocycles. The minimum Gasteiger partial charge on any atom is -0.391 e. The first-order valence-electron chi connectivity index (χ1n) is 6.67. The fourth-order valence-corrected chi connectivity index (χ4v) is 3.09.